The Kier molecular flexibility index (Phi) is 4.83. The number of ketones is 1. The van der Waals surface area contributed by atoms with Crippen molar-refractivity contribution >= 4 is 28.3 Å². The fourth-order valence-electron chi connectivity index (χ4n) is 4.33. The first kappa shape index (κ1) is 18.5. The van der Waals surface area contributed by atoms with E-state index in [0.717, 1.165) is 18.4 Å². The highest BCUT2D eigenvalue weighted by Crippen LogP contribution is 2.31. The van der Waals surface area contributed by atoms with Crippen LogP contribution in [-0.2, 0) is 9.59 Å². The molecule has 1 saturated heterocycles. The van der Waals surface area contributed by atoms with E-state index in [9.17, 15) is 14.4 Å². The number of piperidine rings is 1. The summed E-state index contributed by atoms with van der Waals surface area (Å²) in [5, 5.41) is 8.42. The number of fused-ring (bicyclic) bond motifs is 1. The molecule has 1 atom stereocenters. The molecule has 1 saturated carbocycles. The molecule has 1 N–H and O–H groups in total. The van der Waals surface area contributed by atoms with Crippen LogP contribution in [0, 0.1) is 5.41 Å². The van der Waals surface area contributed by atoms with Gasteiger partial charge in [0.25, 0.3) is 5.56 Å². The van der Waals surface area contributed by atoms with E-state index >= 15 is 0 Å². The van der Waals surface area contributed by atoms with Crippen molar-refractivity contribution < 1.29 is 9.59 Å². The third-order valence-electron chi connectivity index (χ3n) is 6.09. The number of nitrogens with zero attached hydrogens (tertiary/aromatic N) is 3. The SMILES string of the molecule is CC(=O)N1CCC(n2cnc3ccc(C4CCC(=O)C(=N)C4)cc3c2=O)CC1. The molecular weight excluding hydrogens is 356 g/mol. The lowest BCUT2D eigenvalue weighted by Gasteiger charge is -2.32. The Hall–Kier alpha value is -2.83. The van der Waals surface area contributed by atoms with Gasteiger partial charge < -0.3 is 10.3 Å². The van der Waals surface area contributed by atoms with Gasteiger partial charge in [-0.1, -0.05) is 6.07 Å². The number of benzene rings is 1. The number of carbonyl (C=O) groups is 2. The largest absolute Gasteiger partial charge is 0.343 e. The van der Waals surface area contributed by atoms with E-state index in [0.29, 0.717) is 43.3 Å². The van der Waals surface area contributed by atoms with E-state index in [2.05, 4.69) is 4.98 Å². The molecule has 0 spiro atoms. The Bertz CT molecular complexity index is 1020. The molecule has 1 unspecified atom stereocenters. The van der Waals surface area contributed by atoms with E-state index < -0.39 is 0 Å². The van der Waals surface area contributed by atoms with Crippen molar-refractivity contribution in [2.45, 2.75) is 51.0 Å². The quantitative estimate of drug-likeness (QED) is 0.865. The second-order valence-corrected chi connectivity index (χ2v) is 7.81. The van der Waals surface area contributed by atoms with Gasteiger partial charge in [0.1, 0.15) is 0 Å². The topological polar surface area (TPSA) is 96.1 Å². The van der Waals surface area contributed by atoms with E-state index in [-0.39, 0.29) is 34.9 Å². The van der Waals surface area contributed by atoms with Gasteiger partial charge in [-0.25, -0.2) is 4.98 Å². The molecule has 1 aromatic carbocycles. The summed E-state index contributed by atoms with van der Waals surface area (Å²) in [6, 6.07) is 5.75. The van der Waals surface area contributed by atoms with Crippen molar-refractivity contribution in [2.75, 3.05) is 13.1 Å². The maximum atomic E-state index is 13.1. The van der Waals surface area contributed by atoms with Gasteiger partial charge in [0.2, 0.25) is 5.91 Å². The molecule has 1 aromatic heterocycles. The van der Waals surface area contributed by atoms with Gasteiger partial charge in [-0.15, -0.1) is 0 Å². The summed E-state index contributed by atoms with van der Waals surface area (Å²) in [7, 11) is 0. The highest BCUT2D eigenvalue weighted by Gasteiger charge is 2.26. The molecule has 7 nitrogen and oxygen atoms in total. The molecule has 7 heteroatoms. The number of carbonyl (C=O) groups excluding carboxylic acids is 2. The monoisotopic (exact) mass is 380 g/mol. The number of hydrogen-bond acceptors (Lipinski definition) is 5. The zero-order valence-electron chi connectivity index (χ0n) is 16.0. The van der Waals surface area contributed by atoms with Crippen LogP contribution in [0.1, 0.15) is 56.6 Å². The normalized spacial score (nSPS) is 21.3. The molecule has 0 bridgehead atoms. The van der Waals surface area contributed by atoms with Crippen molar-refractivity contribution in [3.63, 3.8) is 0 Å². The highest BCUT2D eigenvalue weighted by molar-refractivity contribution is 6.39. The zero-order chi connectivity index (χ0) is 19.8. The van der Waals surface area contributed by atoms with Gasteiger partial charge in [-0.2, -0.15) is 0 Å². The van der Waals surface area contributed by atoms with Crippen LogP contribution in [-0.4, -0.2) is 44.9 Å². The van der Waals surface area contributed by atoms with Crippen LogP contribution in [0.3, 0.4) is 0 Å². The lowest BCUT2D eigenvalue weighted by molar-refractivity contribution is -0.130. The number of hydrogen-bond donors (Lipinski definition) is 1. The number of likely N-dealkylation sites (tertiary alicyclic amines) is 1. The summed E-state index contributed by atoms with van der Waals surface area (Å²) < 4.78 is 1.70. The van der Waals surface area contributed by atoms with Gasteiger partial charge in [-0.3, -0.25) is 19.0 Å². The first-order valence-corrected chi connectivity index (χ1v) is 9.81. The molecule has 2 aliphatic rings. The summed E-state index contributed by atoms with van der Waals surface area (Å²) in [5.74, 6) is 0.100. The molecule has 1 amide bonds. The minimum Gasteiger partial charge on any atom is -0.343 e. The van der Waals surface area contributed by atoms with Crippen molar-refractivity contribution in [3.05, 3.63) is 40.4 Å². The lowest BCUT2D eigenvalue weighted by Crippen LogP contribution is -2.39. The first-order valence-electron chi connectivity index (χ1n) is 9.81. The van der Waals surface area contributed by atoms with E-state index in [1.54, 1.807) is 17.8 Å². The summed E-state index contributed by atoms with van der Waals surface area (Å²) >= 11 is 0. The molecule has 28 heavy (non-hydrogen) atoms. The smallest absolute Gasteiger partial charge is 0.261 e. The maximum Gasteiger partial charge on any atom is 0.261 e. The second kappa shape index (κ2) is 7.30. The zero-order valence-corrected chi connectivity index (χ0v) is 16.0. The number of aromatic nitrogens is 2. The molecule has 0 radical (unpaired) electrons. The first-order chi connectivity index (χ1) is 13.4. The lowest BCUT2D eigenvalue weighted by atomic mass is 9.82. The number of Topliss-reactive ketones (excluding diaryl/α,β-unsaturated/α-hetero) is 1. The average Bonchev–Trinajstić information content (AvgIpc) is 2.70. The van der Waals surface area contributed by atoms with Gasteiger partial charge in [0, 0.05) is 32.5 Å². The van der Waals surface area contributed by atoms with Crippen molar-refractivity contribution in [2.24, 2.45) is 0 Å². The van der Waals surface area contributed by atoms with Crippen LogP contribution in [0.2, 0.25) is 0 Å². The van der Waals surface area contributed by atoms with Crippen LogP contribution in [0.5, 0.6) is 0 Å². The van der Waals surface area contributed by atoms with Crippen molar-refractivity contribution in [3.8, 4) is 0 Å². The number of nitrogens with one attached hydrogen (secondary N) is 1. The predicted octanol–water partition coefficient (Wildman–Crippen LogP) is 2.44. The Morgan fingerprint density at radius 1 is 1.18 bits per heavy atom. The van der Waals surface area contributed by atoms with Crippen molar-refractivity contribution in [1.82, 2.24) is 14.5 Å². The van der Waals surface area contributed by atoms with Gasteiger partial charge >= 0.3 is 0 Å². The molecule has 1 aliphatic heterocycles. The fourth-order valence-corrected chi connectivity index (χ4v) is 4.33. The fraction of sp³-hybridized carbons (Fsp3) is 0.476. The van der Waals surface area contributed by atoms with Crippen LogP contribution >= 0.6 is 0 Å². The average molecular weight is 380 g/mol. The minimum atomic E-state index is -0.0713. The molecule has 4 rings (SSSR count). The van der Waals surface area contributed by atoms with E-state index in [4.69, 9.17) is 5.41 Å². The number of amides is 1. The van der Waals surface area contributed by atoms with Crippen LogP contribution in [0.4, 0.5) is 0 Å². The molecule has 1 aliphatic carbocycles. The molecular formula is C21H24N4O3. The Balaban J connectivity index is 1.63. The van der Waals surface area contributed by atoms with Crippen LogP contribution < -0.4 is 5.56 Å². The summed E-state index contributed by atoms with van der Waals surface area (Å²) in [4.78, 5) is 42.6. The molecule has 2 fully saturated rings. The highest BCUT2D eigenvalue weighted by atomic mass is 16.2. The maximum absolute atomic E-state index is 13.1. The molecule has 146 valence electrons. The Morgan fingerprint density at radius 2 is 1.93 bits per heavy atom. The number of rotatable bonds is 2. The van der Waals surface area contributed by atoms with Crippen LogP contribution in [0.15, 0.2) is 29.3 Å². The predicted molar refractivity (Wildman–Crippen MR) is 106 cm³/mol. The van der Waals surface area contributed by atoms with Gasteiger partial charge in [0.15, 0.2) is 5.78 Å². The summed E-state index contributed by atoms with van der Waals surface area (Å²) in [6.45, 7) is 2.88. The second-order valence-electron chi connectivity index (χ2n) is 7.81. The Morgan fingerprint density at radius 3 is 2.61 bits per heavy atom. The third kappa shape index (κ3) is 3.37. The standard InChI is InChI=1S/C21H24N4O3/c1-13(26)24-8-6-16(7-9-24)25-12-23-19-4-2-14(10-17(19)21(25)28)15-3-5-20(27)18(22)11-15/h2,4,10,12,15-16,22H,3,5-9,11H2,1H3. The van der Waals surface area contributed by atoms with Crippen LogP contribution in [0.25, 0.3) is 10.9 Å². The molecule has 2 aromatic rings. The van der Waals surface area contributed by atoms with Gasteiger partial charge in [-0.05, 0) is 49.3 Å². The van der Waals surface area contributed by atoms with E-state index in [1.807, 2.05) is 23.1 Å². The minimum absolute atomic E-state index is 0.0455. The third-order valence-corrected chi connectivity index (χ3v) is 6.09. The van der Waals surface area contributed by atoms with E-state index in [1.165, 1.54) is 0 Å². The van der Waals surface area contributed by atoms with Gasteiger partial charge in [0.05, 0.1) is 22.9 Å². The van der Waals surface area contributed by atoms with Crippen molar-refractivity contribution in [1.29, 1.82) is 5.41 Å². The molecule has 2 heterocycles. The summed E-state index contributed by atoms with van der Waals surface area (Å²) in [6.07, 6.45) is 4.65. The Labute approximate surface area is 162 Å². The summed E-state index contributed by atoms with van der Waals surface area (Å²) in [5.41, 5.74) is 1.77.